The maximum atomic E-state index is 4.68. The van der Waals surface area contributed by atoms with Crippen LogP contribution in [0.15, 0.2) is 122 Å². The normalized spacial score (nSPS) is 11.7. The zero-order valence-corrected chi connectivity index (χ0v) is 20.0. The largest absolute Gasteiger partial charge is 0.309 e. The lowest BCUT2D eigenvalue weighted by atomic mass is 10.1. The van der Waals surface area contributed by atoms with Crippen molar-refractivity contribution >= 4 is 44.9 Å². The first-order valence-corrected chi connectivity index (χ1v) is 12.3. The van der Waals surface area contributed by atoms with Crippen LogP contribution < -0.4 is 0 Å². The van der Waals surface area contributed by atoms with Gasteiger partial charge < -0.3 is 4.57 Å². The molecule has 4 aromatic carbocycles. The van der Waals surface area contributed by atoms with E-state index < -0.39 is 0 Å². The summed E-state index contributed by atoms with van der Waals surface area (Å²) in [6.07, 6.45) is 7.87. The Hall–Kier alpha value is -5.09. The molecular weight excluding hydrogens is 452 g/mol. The molecule has 0 unspecified atom stereocenters. The first-order chi connectivity index (χ1) is 18.3. The molecule has 0 radical (unpaired) electrons. The van der Waals surface area contributed by atoms with Crippen molar-refractivity contribution in [3.63, 3.8) is 0 Å². The first-order valence-electron chi connectivity index (χ1n) is 12.3. The van der Waals surface area contributed by atoms with Crippen LogP contribution in [-0.4, -0.2) is 19.5 Å². The van der Waals surface area contributed by atoms with E-state index in [-0.39, 0.29) is 0 Å². The molecule has 3 heterocycles. The summed E-state index contributed by atoms with van der Waals surface area (Å²) in [5.74, 6) is 0.629. The summed E-state index contributed by atoms with van der Waals surface area (Å²) in [6, 6.07) is 37.8. The van der Waals surface area contributed by atoms with Crippen LogP contribution >= 0.6 is 0 Å². The second kappa shape index (κ2) is 8.85. The van der Waals surface area contributed by atoms with E-state index in [9.17, 15) is 0 Å². The summed E-state index contributed by atoms with van der Waals surface area (Å²) in [4.78, 5) is 13.7. The molecule has 7 rings (SSSR count). The molecule has 7 aromatic rings. The molecule has 4 heteroatoms. The van der Waals surface area contributed by atoms with Crippen LogP contribution in [0.3, 0.4) is 0 Å². The van der Waals surface area contributed by atoms with E-state index in [1.54, 1.807) is 6.20 Å². The monoisotopic (exact) mass is 474 g/mol. The smallest absolute Gasteiger partial charge is 0.178 e. The molecule has 0 aliphatic carbocycles. The van der Waals surface area contributed by atoms with Crippen LogP contribution in [0.5, 0.6) is 0 Å². The lowest BCUT2D eigenvalue weighted by Crippen LogP contribution is -1.93. The van der Waals surface area contributed by atoms with Crippen molar-refractivity contribution in [1.29, 1.82) is 0 Å². The molecule has 0 bridgehead atoms. The highest BCUT2D eigenvalue weighted by Crippen LogP contribution is 2.31. The van der Waals surface area contributed by atoms with Gasteiger partial charge in [0.1, 0.15) is 5.69 Å². The lowest BCUT2D eigenvalue weighted by molar-refractivity contribution is 1.17. The molecule has 0 amide bonds. The Kier molecular flexibility index (Phi) is 5.07. The summed E-state index contributed by atoms with van der Waals surface area (Å²) in [5.41, 5.74) is 7.43. The van der Waals surface area contributed by atoms with E-state index in [4.69, 9.17) is 0 Å². The van der Waals surface area contributed by atoms with Crippen molar-refractivity contribution in [3.05, 3.63) is 133 Å². The van der Waals surface area contributed by atoms with Gasteiger partial charge in [-0.05, 0) is 53.6 Å². The number of aromatic nitrogens is 4. The van der Waals surface area contributed by atoms with Gasteiger partial charge in [0.05, 0.1) is 16.6 Å². The summed E-state index contributed by atoms with van der Waals surface area (Å²) >= 11 is 0. The predicted octanol–water partition coefficient (Wildman–Crippen LogP) is 7.96. The van der Waals surface area contributed by atoms with E-state index in [1.165, 1.54) is 21.8 Å². The number of para-hydroxylation sites is 3. The Bertz CT molecular complexity index is 1880. The molecule has 0 aliphatic heterocycles. The van der Waals surface area contributed by atoms with Crippen molar-refractivity contribution in [2.24, 2.45) is 0 Å². The molecule has 0 spiro atoms. The van der Waals surface area contributed by atoms with Crippen LogP contribution in [-0.2, 0) is 0 Å². The van der Waals surface area contributed by atoms with Gasteiger partial charge in [0.25, 0.3) is 0 Å². The maximum Gasteiger partial charge on any atom is 0.178 e. The number of rotatable bonds is 4. The number of fused-ring (bicyclic) bond motifs is 4. The van der Waals surface area contributed by atoms with E-state index in [1.807, 2.05) is 42.6 Å². The fourth-order valence-corrected chi connectivity index (χ4v) is 4.90. The van der Waals surface area contributed by atoms with Crippen LogP contribution in [0, 0.1) is 0 Å². The number of nitrogens with zero attached hydrogens (tertiary/aromatic N) is 4. The van der Waals surface area contributed by atoms with Gasteiger partial charge in [0, 0.05) is 34.2 Å². The molecule has 0 fully saturated rings. The number of benzene rings is 4. The molecule has 0 atom stereocenters. The van der Waals surface area contributed by atoms with E-state index >= 15 is 0 Å². The average molecular weight is 475 g/mol. The fourth-order valence-electron chi connectivity index (χ4n) is 4.90. The van der Waals surface area contributed by atoms with Crippen LogP contribution in [0.25, 0.3) is 62.1 Å². The van der Waals surface area contributed by atoms with Crippen molar-refractivity contribution in [1.82, 2.24) is 19.5 Å². The Balaban J connectivity index is 1.19. The highest BCUT2D eigenvalue weighted by Gasteiger charge is 2.11. The van der Waals surface area contributed by atoms with E-state index in [0.29, 0.717) is 5.82 Å². The third-order valence-electron chi connectivity index (χ3n) is 6.70. The van der Waals surface area contributed by atoms with E-state index in [2.05, 4.69) is 104 Å². The minimum Gasteiger partial charge on any atom is -0.309 e. The van der Waals surface area contributed by atoms with Gasteiger partial charge in [-0.2, -0.15) is 0 Å². The standard InChI is InChI=1S/C33H22N4/c1-4-10-29-25(7-1)22-35-33(36-29)30-21-24(19-20-34-30)14-13-23-15-17-26(18-16-23)37-31-11-5-2-8-27(31)28-9-3-6-12-32(28)37/h1-22H/b14-13+. The Morgan fingerprint density at radius 2 is 1.27 bits per heavy atom. The highest BCUT2D eigenvalue weighted by molar-refractivity contribution is 6.09. The molecule has 0 N–H and O–H groups in total. The SMILES string of the molecule is C(=C\c1ccnc(-c2ncc3ccccc3n2)c1)/c1ccc(-n2c3ccccc3c3ccccc32)cc1. The Labute approximate surface area is 214 Å². The summed E-state index contributed by atoms with van der Waals surface area (Å²) in [6.45, 7) is 0. The van der Waals surface area contributed by atoms with Gasteiger partial charge in [-0.1, -0.05) is 78.9 Å². The van der Waals surface area contributed by atoms with Crippen molar-refractivity contribution < 1.29 is 0 Å². The van der Waals surface area contributed by atoms with Crippen molar-refractivity contribution in [2.75, 3.05) is 0 Å². The predicted molar refractivity (Wildman–Crippen MR) is 152 cm³/mol. The molecule has 4 nitrogen and oxygen atoms in total. The number of hydrogen-bond donors (Lipinski definition) is 0. The van der Waals surface area contributed by atoms with Gasteiger partial charge in [0.15, 0.2) is 5.82 Å². The quantitative estimate of drug-likeness (QED) is 0.260. The van der Waals surface area contributed by atoms with E-state index in [0.717, 1.165) is 33.4 Å². The molecule has 3 aromatic heterocycles. The second-order valence-corrected chi connectivity index (χ2v) is 9.02. The Morgan fingerprint density at radius 3 is 2.05 bits per heavy atom. The summed E-state index contributed by atoms with van der Waals surface area (Å²) < 4.78 is 2.33. The second-order valence-electron chi connectivity index (χ2n) is 9.02. The Morgan fingerprint density at radius 1 is 0.595 bits per heavy atom. The van der Waals surface area contributed by atoms with Gasteiger partial charge in [-0.15, -0.1) is 0 Å². The molecule has 0 saturated carbocycles. The lowest BCUT2D eigenvalue weighted by Gasteiger charge is -2.08. The van der Waals surface area contributed by atoms with Gasteiger partial charge in [-0.25, -0.2) is 9.97 Å². The van der Waals surface area contributed by atoms with Crippen LogP contribution in [0.2, 0.25) is 0 Å². The molecular formula is C33H22N4. The molecule has 0 aliphatic rings. The molecule has 37 heavy (non-hydrogen) atoms. The summed E-state index contributed by atoms with van der Waals surface area (Å²) in [5, 5.41) is 3.56. The average Bonchev–Trinajstić information content (AvgIpc) is 3.31. The fraction of sp³-hybridized carbons (Fsp3) is 0. The molecule has 0 saturated heterocycles. The minimum absolute atomic E-state index is 0.629. The zero-order chi connectivity index (χ0) is 24.6. The molecule has 174 valence electrons. The van der Waals surface area contributed by atoms with Crippen LogP contribution in [0.1, 0.15) is 11.1 Å². The third kappa shape index (κ3) is 3.85. The number of hydrogen-bond acceptors (Lipinski definition) is 3. The maximum absolute atomic E-state index is 4.68. The van der Waals surface area contributed by atoms with Crippen LogP contribution in [0.4, 0.5) is 0 Å². The summed E-state index contributed by atoms with van der Waals surface area (Å²) in [7, 11) is 0. The zero-order valence-electron chi connectivity index (χ0n) is 20.0. The van der Waals surface area contributed by atoms with Crippen molar-refractivity contribution in [2.45, 2.75) is 0 Å². The van der Waals surface area contributed by atoms with Gasteiger partial charge >= 0.3 is 0 Å². The minimum atomic E-state index is 0.629. The number of pyridine rings is 1. The van der Waals surface area contributed by atoms with Crippen molar-refractivity contribution in [3.8, 4) is 17.2 Å². The van der Waals surface area contributed by atoms with Gasteiger partial charge in [0.2, 0.25) is 0 Å². The first kappa shape index (κ1) is 21.2. The van der Waals surface area contributed by atoms with Gasteiger partial charge in [-0.3, -0.25) is 4.98 Å². The third-order valence-corrected chi connectivity index (χ3v) is 6.70. The highest BCUT2D eigenvalue weighted by atomic mass is 15.0. The topological polar surface area (TPSA) is 43.6 Å².